The normalized spacial score (nSPS) is 17.8. The van der Waals surface area contributed by atoms with Gasteiger partial charge in [-0.25, -0.2) is 13.4 Å². The molecule has 1 fully saturated rings. The Morgan fingerprint density at radius 3 is 2.48 bits per heavy atom. The minimum atomic E-state index is -3.36. The van der Waals surface area contributed by atoms with Crippen molar-refractivity contribution in [3.05, 3.63) is 59.5 Å². The van der Waals surface area contributed by atoms with Gasteiger partial charge in [0.1, 0.15) is 0 Å². The standard InChI is InChI=1S/C17H21N3O2S/c1-15-2-4-16(5-3-15)8-13-23(21,22)20-10-6-17(7-11-20)19-12-9-18-14-19/h2-5,8-9,12-14,17H,6-7,10-11H2,1H3/b13-8+. The third kappa shape index (κ3) is 3.89. The fourth-order valence-electron chi connectivity index (χ4n) is 2.81. The van der Waals surface area contributed by atoms with E-state index < -0.39 is 10.0 Å². The average Bonchev–Trinajstić information content (AvgIpc) is 3.09. The molecule has 0 spiro atoms. The summed E-state index contributed by atoms with van der Waals surface area (Å²) in [6, 6.07) is 8.13. The van der Waals surface area contributed by atoms with Gasteiger partial charge in [0.2, 0.25) is 10.0 Å². The molecule has 0 N–H and O–H groups in total. The maximum Gasteiger partial charge on any atom is 0.236 e. The molecule has 122 valence electrons. The Hall–Kier alpha value is -1.92. The Labute approximate surface area is 137 Å². The SMILES string of the molecule is Cc1ccc(/C=C/S(=O)(=O)N2CCC(n3ccnc3)CC2)cc1. The lowest BCUT2D eigenvalue weighted by Gasteiger charge is -2.30. The zero-order valence-electron chi connectivity index (χ0n) is 13.2. The lowest BCUT2D eigenvalue weighted by Crippen LogP contribution is -2.37. The van der Waals surface area contributed by atoms with Crippen LogP contribution in [0.2, 0.25) is 0 Å². The maximum atomic E-state index is 12.4. The van der Waals surface area contributed by atoms with Gasteiger partial charge < -0.3 is 4.57 Å². The zero-order valence-corrected chi connectivity index (χ0v) is 14.0. The van der Waals surface area contributed by atoms with Crippen molar-refractivity contribution < 1.29 is 8.42 Å². The second kappa shape index (κ2) is 6.68. The lowest BCUT2D eigenvalue weighted by atomic mass is 10.1. The van der Waals surface area contributed by atoms with Gasteiger partial charge in [-0.1, -0.05) is 29.8 Å². The predicted molar refractivity (Wildman–Crippen MR) is 91.2 cm³/mol. The van der Waals surface area contributed by atoms with Crippen LogP contribution < -0.4 is 0 Å². The minimum absolute atomic E-state index is 0.338. The Morgan fingerprint density at radius 2 is 1.87 bits per heavy atom. The van der Waals surface area contributed by atoms with Gasteiger partial charge in [0.05, 0.1) is 6.33 Å². The van der Waals surface area contributed by atoms with E-state index in [9.17, 15) is 8.42 Å². The van der Waals surface area contributed by atoms with E-state index in [1.54, 1.807) is 22.9 Å². The van der Waals surface area contributed by atoms with Gasteiger partial charge >= 0.3 is 0 Å². The first-order valence-electron chi connectivity index (χ1n) is 7.77. The lowest BCUT2D eigenvalue weighted by molar-refractivity contribution is 0.276. The molecular formula is C17H21N3O2S. The monoisotopic (exact) mass is 331 g/mol. The van der Waals surface area contributed by atoms with Crippen LogP contribution in [-0.2, 0) is 10.0 Å². The molecule has 1 aromatic carbocycles. The summed E-state index contributed by atoms with van der Waals surface area (Å²) >= 11 is 0. The van der Waals surface area contributed by atoms with Crippen molar-refractivity contribution in [3.8, 4) is 0 Å². The zero-order chi connectivity index (χ0) is 16.3. The van der Waals surface area contributed by atoms with Gasteiger partial charge in [-0.05, 0) is 31.4 Å². The molecule has 1 aromatic heterocycles. The molecule has 23 heavy (non-hydrogen) atoms. The van der Waals surface area contributed by atoms with Crippen molar-refractivity contribution in [2.75, 3.05) is 13.1 Å². The first-order valence-corrected chi connectivity index (χ1v) is 9.27. The van der Waals surface area contributed by atoms with Crippen LogP contribution in [0.1, 0.15) is 30.0 Å². The van der Waals surface area contributed by atoms with E-state index in [1.807, 2.05) is 37.4 Å². The molecule has 6 heteroatoms. The van der Waals surface area contributed by atoms with Crippen LogP contribution in [0, 0.1) is 6.92 Å². The van der Waals surface area contributed by atoms with Gasteiger partial charge in [-0.3, -0.25) is 0 Å². The van der Waals surface area contributed by atoms with Crippen LogP contribution in [-0.4, -0.2) is 35.4 Å². The van der Waals surface area contributed by atoms with Crippen LogP contribution in [0.3, 0.4) is 0 Å². The highest BCUT2D eigenvalue weighted by Crippen LogP contribution is 2.24. The van der Waals surface area contributed by atoms with Crippen molar-refractivity contribution in [2.45, 2.75) is 25.8 Å². The maximum absolute atomic E-state index is 12.4. The number of piperidine rings is 1. The van der Waals surface area contributed by atoms with Gasteiger partial charge in [0.15, 0.2) is 0 Å². The van der Waals surface area contributed by atoms with Crippen molar-refractivity contribution >= 4 is 16.1 Å². The van der Waals surface area contributed by atoms with Crippen molar-refractivity contribution in [3.63, 3.8) is 0 Å². The van der Waals surface area contributed by atoms with Crippen LogP contribution in [0.25, 0.3) is 6.08 Å². The van der Waals surface area contributed by atoms with Gasteiger partial charge in [0.25, 0.3) is 0 Å². The molecule has 0 bridgehead atoms. The summed E-state index contributed by atoms with van der Waals surface area (Å²) in [5, 5.41) is 1.31. The molecule has 1 aliphatic rings. The van der Waals surface area contributed by atoms with Crippen LogP contribution >= 0.6 is 0 Å². The van der Waals surface area contributed by atoms with E-state index in [0.717, 1.165) is 24.0 Å². The van der Waals surface area contributed by atoms with E-state index in [2.05, 4.69) is 9.55 Å². The van der Waals surface area contributed by atoms with Crippen LogP contribution in [0.5, 0.6) is 0 Å². The smallest absolute Gasteiger partial charge is 0.236 e. The number of aromatic nitrogens is 2. The van der Waals surface area contributed by atoms with Crippen molar-refractivity contribution in [2.24, 2.45) is 0 Å². The molecule has 3 rings (SSSR count). The fraction of sp³-hybridized carbons (Fsp3) is 0.353. The van der Waals surface area contributed by atoms with Crippen LogP contribution in [0.15, 0.2) is 48.4 Å². The van der Waals surface area contributed by atoms with E-state index in [0.29, 0.717) is 19.1 Å². The molecule has 0 unspecified atom stereocenters. The van der Waals surface area contributed by atoms with E-state index in [-0.39, 0.29) is 0 Å². The molecule has 1 saturated heterocycles. The number of benzene rings is 1. The Morgan fingerprint density at radius 1 is 1.17 bits per heavy atom. The number of sulfonamides is 1. The topological polar surface area (TPSA) is 55.2 Å². The summed E-state index contributed by atoms with van der Waals surface area (Å²) in [5.41, 5.74) is 2.05. The summed E-state index contributed by atoms with van der Waals surface area (Å²) in [5.74, 6) is 0. The first-order chi connectivity index (χ1) is 11.0. The van der Waals surface area contributed by atoms with Crippen molar-refractivity contribution in [1.82, 2.24) is 13.9 Å². The first kappa shape index (κ1) is 16.0. The molecule has 0 atom stereocenters. The highest BCUT2D eigenvalue weighted by Gasteiger charge is 2.26. The Kier molecular flexibility index (Phi) is 4.63. The van der Waals surface area contributed by atoms with Gasteiger partial charge in [-0.2, -0.15) is 4.31 Å². The number of hydrogen-bond donors (Lipinski definition) is 0. The molecule has 2 heterocycles. The third-order valence-electron chi connectivity index (χ3n) is 4.24. The number of nitrogens with zero attached hydrogens (tertiary/aromatic N) is 3. The molecule has 5 nitrogen and oxygen atoms in total. The number of imidazole rings is 1. The largest absolute Gasteiger partial charge is 0.334 e. The Balaban J connectivity index is 1.63. The second-order valence-electron chi connectivity index (χ2n) is 5.90. The molecule has 2 aromatic rings. The minimum Gasteiger partial charge on any atom is -0.334 e. The summed E-state index contributed by atoms with van der Waals surface area (Å²) < 4.78 is 28.5. The molecule has 0 amide bonds. The number of aryl methyl sites for hydroxylation is 1. The molecule has 0 saturated carbocycles. The molecule has 0 radical (unpaired) electrons. The molecular weight excluding hydrogens is 310 g/mol. The summed E-state index contributed by atoms with van der Waals surface area (Å²) in [4.78, 5) is 4.05. The van der Waals surface area contributed by atoms with Crippen molar-refractivity contribution in [1.29, 1.82) is 0 Å². The second-order valence-corrected chi connectivity index (χ2v) is 7.72. The number of rotatable bonds is 4. The van der Waals surface area contributed by atoms with Gasteiger partial charge in [-0.15, -0.1) is 0 Å². The quantitative estimate of drug-likeness (QED) is 0.865. The van der Waals surface area contributed by atoms with E-state index in [1.165, 1.54) is 5.41 Å². The molecule has 0 aliphatic carbocycles. The molecule has 1 aliphatic heterocycles. The van der Waals surface area contributed by atoms with Gasteiger partial charge in [0, 0.05) is 36.9 Å². The third-order valence-corrected chi connectivity index (χ3v) is 5.80. The van der Waals surface area contributed by atoms with E-state index >= 15 is 0 Å². The highest BCUT2D eigenvalue weighted by atomic mass is 32.2. The fourth-order valence-corrected chi connectivity index (χ4v) is 4.03. The predicted octanol–water partition coefficient (Wildman–Crippen LogP) is 2.83. The summed E-state index contributed by atoms with van der Waals surface area (Å²) in [7, 11) is -3.36. The summed E-state index contributed by atoms with van der Waals surface area (Å²) in [6.45, 7) is 3.10. The van der Waals surface area contributed by atoms with E-state index in [4.69, 9.17) is 0 Å². The summed E-state index contributed by atoms with van der Waals surface area (Å²) in [6.07, 6.45) is 8.78. The highest BCUT2D eigenvalue weighted by molar-refractivity contribution is 7.92. The Bertz CT molecular complexity index is 757. The van der Waals surface area contributed by atoms with Crippen LogP contribution in [0.4, 0.5) is 0 Å². The number of hydrogen-bond acceptors (Lipinski definition) is 3. The average molecular weight is 331 g/mol.